The lowest BCUT2D eigenvalue weighted by Gasteiger charge is -2.36. The first kappa shape index (κ1) is 20.2. The van der Waals surface area contributed by atoms with Crippen LogP contribution < -0.4 is 5.32 Å². The van der Waals surface area contributed by atoms with Crippen LogP contribution in [0.25, 0.3) is 0 Å². The van der Waals surface area contributed by atoms with E-state index in [2.05, 4.69) is 22.1 Å². The van der Waals surface area contributed by atoms with E-state index in [4.69, 9.17) is 0 Å². The lowest BCUT2D eigenvalue weighted by molar-refractivity contribution is -0.137. The van der Waals surface area contributed by atoms with Gasteiger partial charge in [0.25, 0.3) is 5.91 Å². The number of anilines is 1. The molecule has 0 radical (unpaired) electrons. The van der Waals surface area contributed by atoms with Crippen LogP contribution in [0.5, 0.6) is 0 Å². The number of nitrogens with zero attached hydrogens (tertiary/aromatic N) is 3. The third kappa shape index (κ3) is 4.41. The molecule has 1 fully saturated rings. The van der Waals surface area contributed by atoms with Gasteiger partial charge < -0.3 is 4.90 Å². The first-order valence-electron chi connectivity index (χ1n) is 9.94. The van der Waals surface area contributed by atoms with Gasteiger partial charge >= 0.3 is 0 Å². The fourth-order valence-corrected chi connectivity index (χ4v) is 5.45. The van der Waals surface area contributed by atoms with Crippen molar-refractivity contribution in [1.82, 2.24) is 14.8 Å². The van der Waals surface area contributed by atoms with Crippen LogP contribution in [-0.4, -0.2) is 65.1 Å². The summed E-state index contributed by atoms with van der Waals surface area (Å²) in [5.41, 5.74) is 0.635. The number of thiazole rings is 1. The van der Waals surface area contributed by atoms with Crippen molar-refractivity contribution in [1.29, 1.82) is 0 Å². The monoisotopic (exact) mass is 432 g/mol. The Labute approximate surface area is 177 Å². The number of Topliss-reactive ketones (excluding diaryl/α,β-unsaturated/α-hetero) is 1. The third-order valence-electron chi connectivity index (χ3n) is 5.36. The number of ketones is 1. The van der Waals surface area contributed by atoms with Gasteiger partial charge in [-0.1, -0.05) is 24.3 Å². The molecule has 4 rings (SSSR count). The molecule has 0 spiro atoms. The van der Waals surface area contributed by atoms with Gasteiger partial charge in [0, 0.05) is 39.0 Å². The van der Waals surface area contributed by atoms with E-state index in [9.17, 15) is 14.4 Å². The third-order valence-corrected chi connectivity index (χ3v) is 7.28. The van der Waals surface area contributed by atoms with E-state index in [1.807, 2.05) is 16.3 Å². The van der Waals surface area contributed by atoms with E-state index in [-0.39, 0.29) is 29.9 Å². The van der Waals surface area contributed by atoms with Gasteiger partial charge in [0.1, 0.15) is 0 Å². The van der Waals surface area contributed by atoms with Crippen molar-refractivity contribution in [3.05, 3.63) is 33.0 Å². The zero-order valence-electron chi connectivity index (χ0n) is 16.3. The van der Waals surface area contributed by atoms with Crippen LogP contribution in [0.3, 0.4) is 0 Å². The van der Waals surface area contributed by atoms with Gasteiger partial charge in [0.15, 0.2) is 10.9 Å². The highest BCUT2D eigenvalue weighted by Gasteiger charge is 2.36. The highest BCUT2D eigenvalue weighted by Crippen LogP contribution is 2.33. The van der Waals surface area contributed by atoms with E-state index in [1.54, 1.807) is 6.07 Å². The van der Waals surface area contributed by atoms with Crippen LogP contribution in [-0.2, 0) is 11.2 Å². The molecule has 154 valence electrons. The molecule has 3 heterocycles. The van der Waals surface area contributed by atoms with E-state index >= 15 is 0 Å². The molecule has 1 atom stereocenters. The Morgan fingerprint density at radius 3 is 2.72 bits per heavy atom. The molecule has 9 heteroatoms. The Balaban J connectivity index is 1.40. The second-order valence-electron chi connectivity index (χ2n) is 7.42. The van der Waals surface area contributed by atoms with Crippen molar-refractivity contribution in [2.24, 2.45) is 5.92 Å². The molecule has 29 heavy (non-hydrogen) atoms. The summed E-state index contributed by atoms with van der Waals surface area (Å²) >= 11 is 2.56. The lowest BCUT2D eigenvalue weighted by atomic mass is 9.88. The van der Waals surface area contributed by atoms with E-state index in [0.29, 0.717) is 27.0 Å². The Kier molecular flexibility index (Phi) is 6.07. The van der Waals surface area contributed by atoms with Gasteiger partial charge in [-0.15, -0.1) is 11.3 Å². The van der Waals surface area contributed by atoms with Crippen molar-refractivity contribution < 1.29 is 14.4 Å². The highest BCUT2D eigenvalue weighted by atomic mass is 32.1. The predicted molar refractivity (Wildman–Crippen MR) is 114 cm³/mol. The highest BCUT2D eigenvalue weighted by molar-refractivity contribution is 7.18. The average molecular weight is 433 g/mol. The number of hydrogen-bond donors (Lipinski definition) is 1. The summed E-state index contributed by atoms with van der Waals surface area (Å²) in [6, 6.07) is 3.56. The maximum absolute atomic E-state index is 13.0. The summed E-state index contributed by atoms with van der Waals surface area (Å²) in [7, 11) is 0. The maximum atomic E-state index is 13.0. The van der Waals surface area contributed by atoms with Gasteiger partial charge in [-0.05, 0) is 24.4 Å². The molecule has 0 aromatic carbocycles. The zero-order valence-corrected chi connectivity index (χ0v) is 18.0. The minimum atomic E-state index is -0.351. The molecule has 7 nitrogen and oxygen atoms in total. The number of nitrogens with one attached hydrogen (secondary N) is 1. The Morgan fingerprint density at radius 1 is 1.24 bits per heavy atom. The number of rotatable bonds is 5. The second kappa shape index (κ2) is 8.73. The van der Waals surface area contributed by atoms with E-state index in [1.165, 1.54) is 22.7 Å². The van der Waals surface area contributed by atoms with Gasteiger partial charge in [0.2, 0.25) is 5.91 Å². The molecule has 2 aromatic rings. The summed E-state index contributed by atoms with van der Waals surface area (Å²) in [4.78, 5) is 47.7. The largest absolute Gasteiger partial charge is 0.340 e. The molecular formula is C20H24N4O3S2. The number of fused-ring (bicyclic) bond motifs is 1. The number of hydrogen-bond acceptors (Lipinski definition) is 7. The number of thiophene rings is 1. The molecule has 0 bridgehead atoms. The molecule has 1 aliphatic carbocycles. The van der Waals surface area contributed by atoms with Gasteiger partial charge in [-0.3, -0.25) is 24.6 Å². The molecule has 1 saturated heterocycles. The molecule has 2 aromatic heterocycles. The Morgan fingerprint density at radius 2 is 2.03 bits per heavy atom. The van der Waals surface area contributed by atoms with Crippen molar-refractivity contribution in [2.45, 2.75) is 26.2 Å². The number of piperazine rings is 1. The van der Waals surface area contributed by atoms with Crippen molar-refractivity contribution >= 4 is 45.4 Å². The summed E-state index contributed by atoms with van der Waals surface area (Å²) in [6.45, 7) is 6.44. The number of amides is 2. The minimum Gasteiger partial charge on any atom is -0.340 e. The van der Waals surface area contributed by atoms with E-state index in [0.717, 1.165) is 39.1 Å². The normalized spacial score (nSPS) is 19.8. The molecule has 2 amide bonds. The van der Waals surface area contributed by atoms with E-state index < -0.39 is 0 Å². The maximum Gasteiger partial charge on any atom is 0.267 e. The smallest absolute Gasteiger partial charge is 0.267 e. The van der Waals surface area contributed by atoms with Gasteiger partial charge in [0.05, 0.1) is 21.4 Å². The summed E-state index contributed by atoms with van der Waals surface area (Å²) in [5, 5.41) is 5.03. The fourth-order valence-electron chi connectivity index (χ4n) is 3.89. The van der Waals surface area contributed by atoms with Crippen molar-refractivity contribution in [2.75, 3.05) is 38.0 Å². The van der Waals surface area contributed by atoms with Gasteiger partial charge in [-0.25, -0.2) is 4.98 Å². The first-order valence-corrected chi connectivity index (χ1v) is 11.6. The second-order valence-corrected chi connectivity index (χ2v) is 9.37. The quantitative estimate of drug-likeness (QED) is 0.786. The summed E-state index contributed by atoms with van der Waals surface area (Å²) < 4.78 is 0. The Bertz CT molecular complexity index is 901. The zero-order chi connectivity index (χ0) is 20.4. The standard InChI is InChI=1S/C20H24N4O3S2/c1-2-5-23-6-8-24(9-7-23)19(27)13-11-14-17(15(25)12-13)29-20(21-14)22-18(26)16-4-3-10-28-16/h3-4,10,13H,2,5-9,11-12H2,1H3,(H,21,22,26)/t13-/m0/s1. The molecular weight excluding hydrogens is 408 g/mol. The SMILES string of the molecule is CCCN1CCN(C(=O)[C@@H]2CC(=O)c3sc(NC(=O)c4cccs4)nc3C2)CC1. The van der Waals surface area contributed by atoms with Crippen molar-refractivity contribution in [3.63, 3.8) is 0 Å². The van der Waals surface area contributed by atoms with Crippen molar-refractivity contribution in [3.8, 4) is 0 Å². The van der Waals surface area contributed by atoms with Gasteiger partial charge in [-0.2, -0.15) is 0 Å². The molecule has 0 saturated carbocycles. The van der Waals surface area contributed by atoms with Crippen LogP contribution in [0.1, 0.15) is 44.8 Å². The van der Waals surface area contributed by atoms with Crippen LogP contribution in [0.2, 0.25) is 0 Å². The fraction of sp³-hybridized carbons (Fsp3) is 0.500. The number of carbonyl (C=O) groups is 3. The molecule has 0 unspecified atom stereocenters. The predicted octanol–water partition coefficient (Wildman–Crippen LogP) is 2.76. The molecule has 1 N–H and O–H groups in total. The van der Waals surface area contributed by atoms with Crippen LogP contribution in [0, 0.1) is 5.92 Å². The van der Waals surface area contributed by atoms with Crippen LogP contribution in [0.4, 0.5) is 5.13 Å². The summed E-state index contributed by atoms with van der Waals surface area (Å²) in [6.07, 6.45) is 1.80. The minimum absolute atomic E-state index is 0.0525. The summed E-state index contributed by atoms with van der Waals surface area (Å²) in [5.74, 6) is -0.576. The molecule has 1 aliphatic heterocycles. The van der Waals surface area contributed by atoms with Crippen LogP contribution >= 0.6 is 22.7 Å². The molecule has 2 aliphatic rings. The Hall–Kier alpha value is -2.10. The lowest BCUT2D eigenvalue weighted by Crippen LogP contribution is -2.51. The van der Waals surface area contributed by atoms with Crippen LogP contribution in [0.15, 0.2) is 17.5 Å². The first-order chi connectivity index (χ1) is 14.0. The average Bonchev–Trinajstić information content (AvgIpc) is 3.38. The number of carbonyl (C=O) groups excluding carboxylic acids is 3. The number of aromatic nitrogens is 1. The topological polar surface area (TPSA) is 82.6 Å².